The number of rotatable bonds is 2. The number of carbonyl (C=O) groups is 2. The first kappa shape index (κ1) is 18.9. The highest BCUT2D eigenvalue weighted by Gasteiger charge is 2.32. The molecule has 4 aromatic rings. The van der Waals surface area contributed by atoms with Crippen molar-refractivity contribution in [3.63, 3.8) is 0 Å². The summed E-state index contributed by atoms with van der Waals surface area (Å²) >= 11 is 0. The Morgan fingerprint density at radius 3 is 1.97 bits per heavy atom. The smallest absolute Gasteiger partial charge is 0.214 e. The Labute approximate surface area is 186 Å². The quantitative estimate of drug-likeness (QED) is 0.401. The molecule has 4 nitrogen and oxygen atoms in total. The third-order valence-corrected chi connectivity index (χ3v) is 6.67. The molecule has 0 unspecified atom stereocenters. The number of nitrogens with zero attached hydrogens (tertiary/aromatic N) is 1. The summed E-state index contributed by atoms with van der Waals surface area (Å²) in [5, 5.41) is 0.992. The van der Waals surface area contributed by atoms with Crippen LogP contribution in [0, 0.1) is 0 Å². The molecule has 1 saturated heterocycles. The van der Waals surface area contributed by atoms with E-state index in [9.17, 15) is 9.59 Å². The molecule has 1 N–H and O–H groups in total. The summed E-state index contributed by atoms with van der Waals surface area (Å²) in [6, 6.07) is 23.3. The molecule has 0 saturated carbocycles. The summed E-state index contributed by atoms with van der Waals surface area (Å²) in [5.41, 5.74) is 6.07. The van der Waals surface area contributed by atoms with Crippen LogP contribution < -0.4 is 9.88 Å². The number of fused-ring (bicyclic) bond motifs is 3. The van der Waals surface area contributed by atoms with Crippen molar-refractivity contribution in [1.82, 2.24) is 0 Å². The van der Waals surface area contributed by atoms with E-state index in [0.29, 0.717) is 22.3 Å². The van der Waals surface area contributed by atoms with E-state index in [-0.39, 0.29) is 11.6 Å². The van der Waals surface area contributed by atoms with Crippen LogP contribution in [0.3, 0.4) is 0 Å². The summed E-state index contributed by atoms with van der Waals surface area (Å²) < 4.78 is 0. The maximum absolute atomic E-state index is 13.3. The number of piperidine rings is 1. The van der Waals surface area contributed by atoms with Crippen LogP contribution >= 0.6 is 0 Å². The van der Waals surface area contributed by atoms with E-state index < -0.39 is 0 Å². The predicted molar refractivity (Wildman–Crippen MR) is 125 cm³/mol. The zero-order chi connectivity index (χ0) is 21.7. The molecule has 0 amide bonds. The van der Waals surface area contributed by atoms with Crippen LogP contribution in [0.5, 0.6) is 0 Å². The highest BCUT2D eigenvalue weighted by Crippen LogP contribution is 2.35. The molecule has 0 atom stereocenters. The lowest BCUT2D eigenvalue weighted by molar-refractivity contribution is -0.330. The highest BCUT2D eigenvalue weighted by atomic mass is 16.1. The largest absolute Gasteiger partial charge is 0.371 e. The maximum Gasteiger partial charge on any atom is 0.214 e. The van der Waals surface area contributed by atoms with Crippen molar-refractivity contribution >= 4 is 28.2 Å². The molecule has 2 heterocycles. The molecular formula is C28H23N2O2+. The van der Waals surface area contributed by atoms with Crippen LogP contribution in [0.1, 0.15) is 51.1 Å². The molecule has 1 fully saturated rings. The SMILES string of the molecule is O=C1c2ccccc2C(=O)c2cc3c(N4CCCCC4)cc(-c4ccccc4)[nH+]c3cc21. The van der Waals surface area contributed by atoms with Gasteiger partial charge in [0, 0.05) is 53.0 Å². The van der Waals surface area contributed by atoms with Crippen molar-refractivity contribution in [3.05, 3.63) is 95.1 Å². The summed E-state index contributed by atoms with van der Waals surface area (Å²) in [7, 11) is 0. The van der Waals surface area contributed by atoms with Crippen LogP contribution in [0.25, 0.3) is 22.2 Å². The number of aromatic amines is 1. The fourth-order valence-electron chi connectivity index (χ4n) is 5.03. The van der Waals surface area contributed by atoms with Gasteiger partial charge in [-0.2, -0.15) is 0 Å². The first-order chi connectivity index (χ1) is 15.7. The van der Waals surface area contributed by atoms with Crippen molar-refractivity contribution in [3.8, 4) is 11.3 Å². The van der Waals surface area contributed by atoms with Gasteiger partial charge in [0.15, 0.2) is 11.6 Å². The van der Waals surface area contributed by atoms with E-state index in [0.717, 1.165) is 53.8 Å². The molecule has 0 bridgehead atoms. The first-order valence-corrected chi connectivity index (χ1v) is 11.2. The molecule has 32 heavy (non-hydrogen) atoms. The van der Waals surface area contributed by atoms with Crippen molar-refractivity contribution < 1.29 is 14.6 Å². The molecule has 2 aliphatic rings. The topological polar surface area (TPSA) is 51.5 Å². The predicted octanol–water partition coefficient (Wildman–Crippen LogP) is 5.09. The van der Waals surface area contributed by atoms with Crippen LogP contribution in [-0.2, 0) is 0 Å². The summed E-state index contributed by atoms with van der Waals surface area (Å²) in [6.07, 6.45) is 3.57. The van der Waals surface area contributed by atoms with Gasteiger partial charge in [0.25, 0.3) is 0 Å². The lowest BCUT2D eigenvalue weighted by atomic mass is 9.83. The van der Waals surface area contributed by atoms with E-state index in [1.165, 1.54) is 6.42 Å². The fraction of sp³-hybridized carbons (Fsp3) is 0.179. The number of nitrogens with one attached hydrogen (secondary N) is 1. The number of hydrogen-bond acceptors (Lipinski definition) is 3. The van der Waals surface area contributed by atoms with E-state index >= 15 is 0 Å². The second-order valence-electron chi connectivity index (χ2n) is 8.63. The van der Waals surface area contributed by atoms with Gasteiger partial charge in [-0.05, 0) is 37.5 Å². The molecular weight excluding hydrogens is 396 g/mol. The Hall–Kier alpha value is -3.79. The molecule has 1 aliphatic carbocycles. The Kier molecular flexibility index (Phi) is 4.39. The van der Waals surface area contributed by atoms with Crippen molar-refractivity contribution in [2.75, 3.05) is 18.0 Å². The van der Waals surface area contributed by atoms with Gasteiger partial charge in [0.05, 0.1) is 11.1 Å². The minimum Gasteiger partial charge on any atom is -0.371 e. The second-order valence-corrected chi connectivity index (χ2v) is 8.63. The van der Waals surface area contributed by atoms with E-state index in [2.05, 4.69) is 28.1 Å². The van der Waals surface area contributed by atoms with Crippen LogP contribution in [0.4, 0.5) is 5.69 Å². The number of aromatic nitrogens is 1. The number of carbonyl (C=O) groups excluding carboxylic acids is 2. The Morgan fingerprint density at radius 2 is 1.28 bits per heavy atom. The minimum atomic E-state index is -0.0878. The average Bonchev–Trinajstić information content (AvgIpc) is 2.87. The van der Waals surface area contributed by atoms with Crippen LogP contribution in [0.15, 0.2) is 72.8 Å². The molecule has 0 radical (unpaired) electrons. The van der Waals surface area contributed by atoms with Gasteiger partial charge in [0.1, 0.15) is 0 Å². The Morgan fingerprint density at radius 1 is 0.656 bits per heavy atom. The van der Waals surface area contributed by atoms with Crippen LogP contribution in [0.2, 0.25) is 0 Å². The molecule has 4 heteroatoms. The number of ketones is 2. The lowest BCUT2D eigenvalue weighted by Crippen LogP contribution is -2.30. The van der Waals surface area contributed by atoms with Gasteiger partial charge in [-0.25, -0.2) is 4.98 Å². The van der Waals surface area contributed by atoms with Crippen LogP contribution in [-0.4, -0.2) is 24.7 Å². The van der Waals surface area contributed by atoms with Crippen molar-refractivity contribution in [2.24, 2.45) is 0 Å². The second kappa shape index (κ2) is 7.41. The Balaban J connectivity index is 1.61. The average molecular weight is 420 g/mol. The zero-order valence-electron chi connectivity index (χ0n) is 17.7. The van der Waals surface area contributed by atoms with Gasteiger partial charge >= 0.3 is 0 Å². The summed E-state index contributed by atoms with van der Waals surface area (Å²) in [5.74, 6) is -0.163. The summed E-state index contributed by atoms with van der Waals surface area (Å²) in [6.45, 7) is 2.00. The third kappa shape index (κ3) is 2.94. The van der Waals surface area contributed by atoms with E-state index in [4.69, 9.17) is 0 Å². The molecule has 0 spiro atoms. The number of benzene rings is 3. The van der Waals surface area contributed by atoms with Gasteiger partial charge in [-0.1, -0.05) is 42.5 Å². The number of pyridine rings is 1. The van der Waals surface area contributed by atoms with Crippen molar-refractivity contribution in [1.29, 1.82) is 0 Å². The lowest BCUT2D eigenvalue weighted by Gasteiger charge is -2.29. The van der Waals surface area contributed by atoms with E-state index in [1.807, 2.05) is 42.5 Å². The fourth-order valence-corrected chi connectivity index (χ4v) is 5.03. The Bertz CT molecular complexity index is 1390. The van der Waals surface area contributed by atoms with Gasteiger partial charge in [-0.15, -0.1) is 0 Å². The number of hydrogen-bond donors (Lipinski definition) is 0. The standard InChI is InChI=1S/C28H22N2O2/c31-27-19-11-5-6-12-20(19)28(32)22-16-25-23(15-21(22)27)26(30-13-7-2-8-14-30)17-24(29-25)18-9-3-1-4-10-18/h1,3-6,9-12,15-17H,2,7-8,13-14H2/p+1. The molecule has 6 rings (SSSR count). The van der Waals surface area contributed by atoms with Crippen molar-refractivity contribution in [2.45, 2.75) is 19.3 Å². The molecule has 1 aromatic heterocycles. The monoisotopic (exact) mass is 419 g/mol. The number of H-pyrrole nitrogens is 1. The van der Waals surface area contributed by atoms with Gasteiger partial charge in [0.2, 0.25) is 11.2 Å². The highest BCUT2D eigenvalue weighted by molar-refractivity contribution is 6.29. The zero-order valence-corrected chi connectivity index (χ0v) is 17.7. The number of anilines is 1. The molecule has 1 aliphatic heterocycles. The summed E-state index contributed by atoms with van der Waals surface area (Å²) in [4.78, 5) is 32.5. The van der Waals surface area contributed by atoms with Gasteiger partial charge < -0.3 is 4.90 Å². The molecule has 3 aromatic carbocycles. The maximum atomic E-state index is 13.3. The third-order valence-electron chi connectivity index (χ3n) is 6.67. The normalized spacial score (nSPS) is 15.6. The van der Waals surface area contributed by atoms with E-state index in [1.54, 1.807) is 12.1 Å². The molecule has 156 valence electrons. The first-order valence-electron chi connectivity index (χ1n) is 11.2. The van der Waals surface area contributed by atoms with Gasteiger partial charge in [-0.3, -0.25) is 9.59 Å². The minimum absolute atomic E-state index is 0.0752.